The lowest BCUT2D eigenvalue weighted by Crippen LogP contribution is -2.08. The first kappa shape index (κ1) is 19.0. The van der Waals surface area contributed by atoms with Crippen LogP contribution in [0.4, 0.5) is 10.2 Å². The van der Waals surface area contributed by atoms with Gasteiger partial charge in [0.15, 0.2) is 5.16 Å². The van der Waals surface area contributed by atoms with E-state index in [1.807, 2.05) is 30.3 Å². The van der Waals surface area contributed by atoms with Crippen LogP contribution in [-0.2, 0) is 12.4 Å². The summed E-state index contributed by atoms with van der Waals surface area (Å²) in [6.45, 7) is 0.0236. The number of hydrogen-bond acceptors (Lipinski definition) is 6. The number of ether oxygens (including phenoxy) is 1. The summed E-state index contributed by atoms with van der Waals surface area (Å²) in [7, 11) is 0. The van der Waals surface area contributed by atoms with Crippen LogP contribution in [0.2, 0.25) is 5.02 Å². The Morgan fingerprint density at radius 2 is 1.81 bits per heavy atom. The second-order valence-corrected chi connectivity index (χ2v) is 6.86. The van der Waals surface area contributed by atoms with Gasteiger partial charge in [0.25, 0.3) is 0 Å². The van der Waals surface area contributed by atoms with Gasteiger partial charge in [0.1, 0.15) is 41.3 Å². The van der Waals surface area contributed by atoms with Crippen molar-refractivity contribution in [3.8, 4) is 11.8 Å². The van der Waals surface area contributed by atoms with Crippen molar-refractivity contribution in [2.45, 2.75) is 17.5 Å². The normalized spacial score (nSPS) is 10.4. The lowest BCUT2D eigenvalue weighted by molar-refractivity contribution is 0.299. The number of nitrogens with zero attached hydrogens (tertiary/aromatic N) is 3. The summed E-state index contributed by atoms with van der Waals surface area (Å²) < 4.78 is 18.6. The van der Waals surface area contributed by atoms with E-state index < -0.39 is 0 Å². The van der Waals surface area contributed by atoms with E-state index >= 15 is 0 Å². The van der Waals surface area contributed by atoms with Crippen LogP contribution in [0.15, 0.2) is 53.7 Å². The zero-order chi connectivity index (χ0) is 19.2. The van der Waals surface area contributed by atoms with E-state index in [0.717, 1.165) is 5.56 Å². The first-order chi connectivity index (χ1) is 13.0. The summed E-state index contributed by atoms with van der Waals surface area (Å²) in [5.41, 5.74) is 7.51. The zero-order valence-electron chi connectivity index (χ0n) is 14.0. The van der Waals surface area contributed by atoms with Crippen molar-refractivity contribution in [2.24, 2.45) is 0 Å². The molecule has 0 saturated heterocycles. The number of thioether (sulfide) groups is 1. The van der Waals surface area contributed by atoms with E-state index in [0.29, 0.717) is 27.4 Å². The van der Waals surface area contributed by atoms with Crippen molar-refractivity contribution in [2.75, 3.05) is 5.73 Å². The minimum Gasteiger partial charge on any atom is -0.487 e. The maximum Gasteiger partial charge on any atom is 0.190 e. The molecule has 1 aromatic heterocycles. The van der Waals surface area contributed by atoms with Gasteiger partial charge in [-0.15, -0.1) is 0 Å². The number of nitrogens with two attached hydrogens (primary N) is 1. The highest BCUT2D eigenvalue weighted by atomic mass is 35.5. The molecule has 0 radical (unpaired) electrons. The number of hydrogen-bond donors (Lipinski definition) is 1. The third-order valence-electron chi connectivity index (χ3n) is 3.57. The maximum absolute atomic E-state index is 13.0. The molecule has 2 N–H and O–H groups in total. The molecule has 1 heterocycles. The van der Waals surface area contributed by atoms with E-state index in [1.165, 1.54) is 36.0 Å². The number of nitriles is 1. The molecule has 8 heteroatoms. The van der Waals surface area contributed by atoms with Gasteiger partial charge in [-0.3, -0.25) is 0 Å². The van der Waals surface area contributed by atoms with Gasteiger partial charge in [0.05, 0.1) is 0 Å². The summed E-state index contributed by atoms with van der Waals surface area (Å²) in [5.74, 6) is 0.838. The predicted molar refractivity (Wildman–Crippen MR) is 103 cm³/mol. The molecule has 0 aliphatic heterocycles. The molecular formula is C19H14ClFN4OS. The highest BCUT2D eigenvalue weighted by Crippen LogP contribution is 2.24. The van der Waals surface area contributed by atoms with Gasteiger partial charge in [0, 0.05) is 10.8 Å². The molecule has 0 unspecified atom stereocenters. The fraction of sp³-hybridized carbons (Fsp3) is 0.105. The molecular weight excluding hydrogens is 387 g/mol. The molecule has 0 aliphatic carbocycles. The predicted octanol–water partition coefficient (Wildman–Crippen LogP) is 4.59. The van der Waals surface area contributed by atoms with Crippen LogP contribution in [0.25, 0.3) is 0 Å². The van der Waals surface area contributed by atoms with E-state index in [2.05, 4.69) is 9.97 Å². The number of rotatable bonds is 6. The Balaban J connectivity index is 1.75. The van der Waals surface area contributed by atoms with Crippen molar-refractivity contribution in [1.82, 2.24) is 9.97 Å². The van der Waals surface area contributed by atoms with Crippen LogP contribution in [0.1, 0.15) is 16.8 Å². The Hall–Kier alpha value is -2.82. The average molecular weight is 401 g/mol. The van der Waals surface area contributed by atoms with Crippen LogP contribution in [0.3, 0.4) is 0 Å². The molecule has 2 aromatic carbocycles. The first-order valence-electron chi connectivity index (χ1n) is 7.87. The van der Waals surface area contributed by atoms with Gasteiger partial charge >= 0.3 is 0 Å². The smallest absolute Gasteiger partial charge is 0.190 e. The highest BCUT2D eigenvalue weighted by Gasteiger charge is 2.14. The van der Waals surface area contributed by atoms with Crippen LogP contribution >= 0.6 is 23.4 Å². The highest BCUT2D eigenvalue weighted by molar-refractivity contribution is 7.98. The maximum atomic E-state index is 13.0. The summed E-state index contributed by atoms with van der Waals surface area (Å²) in [6.07, 6.45) is 0. The van der Waals surface area contributed by atoms with Crippen molar-refractivity contribution < 1.29 is 9.13 Å². The molecule has 0 atom stereocenters. The van der Waals surface area contributed by atoms with Crippen molar-refractivity contribution in [1.29, 1.82) is 5.26 Å². The quantitative estimate of drug-likeness (QED) is 0.481. The van der Waals surface area contributed by atoms with Crippen LogP contribution in [0.5, 0.6) is 5.75 Å². The minimum atomic E-state index is -0.354. The van der Waals surface area contributed by atoms with Gasteiger partial charge in [-0.2, -0.15) is 5.26 Å². The fourth-order valence-corrected chi connectivity index (χ4v) is 3.16. The molecule has 136 valence electrons. The molecule has 27 heavy (non-hydrogen) atoms. The number of aromatic nitrogens is 2. The van der Waals surface area contributed by atoms with E-state index in [1.54, 1.807) is 0 Å². The number of halogens is 2. The van der Waals surface area contributed by atoms with Crippen LogP contribution < -0.4 is 10.5 Å². The second kappa shape index (κ2) is 8.71. The standard InChI is InChI=1S/C19H14ClFN4OS/c20-13-3-1-12(2-4-13)11-27-19-24-17(16(9-22)18(23)25-19)10-26-15-7-5-14(21)6-8-15/h1-8H,10-11H2,(H2,23,24,25). The lowest BCUT2D eigenvalue weighted by Gasteiger charge is -2.10. The number of benzene rings is 2. The Bertz CT molecular complexity index is 975. The van der Waals surface area contributed by atoms with E-state index in [-0.39, 0.29) is 23.8 Å². The molecule has 3 rings (SSSR count). The van der Waals surface area contributed by atoms with E-state index in [9.17, 15) is 9.65 Å². The number of anilines is 1. The summed E-state index contributed by atoms with van der Waals surface area (Å²) in [5, 5.41) is 10.4. The summed E-state index contributed by atoms with van der Waals surface area (Å²) in [6, 6.07) is 15.1. The van der Waals surface area contributed by atoms with Crippen molar-refractivity contribution >= 4 is 29.2 Å². The van der Waals surface area contributed by atoms with Gasteiger partial charge in [-0.25, -0.2) is 14.4 Å². The Morgan fingerprint density at radius 1 is 1.11 bits per heavy atom. The molecule has 0 fully saturated rings. The van der Waals surface area contributed by atoms with Crippen molar-refractivity contribution in [3.05, 3.63) is 76.2 Å². The molecule has 0 saturated carbocycles. The lowest BCUT2D eigenvalue weighted by atomic mass is 10.2. The third kappa shape index (κ3) is 5.09. The Labute approximate surface area is 165 Å². The Kier molecular flexibility index (Phi) is 6.12. The van der Waals surface area contributed by atoms with Crippen LogP contribution in [-0.4, -0.2) is 9.97 Å². The molecule has 0 bridgehead atoms. The van der Waals surface area contributed by atoms with Crippen molar-refractivity contribution in [3.63, 3.8) is 0 Å². The molecule has 3 aromatic rings. The largest absolute Gasteiger partial charge is 0.487 e. The summed E-state index contributed by atoms with van der Waals surface area (Å²) >= 11 is 7.28. The van der Waals surface area contributed by atoms with Gasteiger partial charge < -0.3 is 10.5 Å². The molecule has 0 aliphatic rings. The molecule has 0 spiro atoms. The third-order valence-corrected chi connectivity index (χ3v) is 4.74. The topological polar surface area (TPSA) is 84.8 Å². The van der Waals surface area contributed by atoms with Gasteiger partial charge in [0.2, 0.25) is 0 Å². The minimum absolute atomic E-state index is 0.0236. The number of nitrogen functional groups attached to an aromatic ring is 1. The SMILES string of the molecule is N#Cc1c(N)nc(SCc2ccc(Cl)cc2)nc1COc1ccc(F)cc1. The monoisotopic (exact) mass is 400 g/mol. The second-order valence-electron chi connectivity index (χ2n) is 5.48. The molecule has 0 amide bonds. The summed E-state index contributed by atoms with van der Waals surface area (Å²) in [4.78, 5) is 8.57. The Morgan fingerprint density at radius 3 is 2.48 bits per heavy atom. The van der Waals surface area contributed by atoms with Gasteiger partial charge in [-0.1, -0.05) is 35.5 Å². The van der Waals surface area contributed by atoms with Gasteiger partial charge in [-0.05, 0) is 42.0 Å². The van der Waals surface area contributed by atoms with E-state index in [4.69, 9.17) is 22.1 Å². The first-order valence-corrected chi connectivity index (χ1v) is 9.23. The van der Waals surface area contributed by atoms with Crippen LogP contribution in [0, 0.1) is 17.1 Å². The average Bonchev–Trinajstić information content (AvgIpc) is 2.67. The molecule has 5 nitrogen and oxygen atoms in total. The fourth-order valence-electron chi connectivity index (χ4n) is 2.20. The zero-order valence-corrected chi connectivity index (χ0v) is 15.6.